The summed E-state index contributed by atoms with van der Waals surface area (Å²) in [5.41, 5.74) is 1.13. The van der Waals surface area contributed by atoms with Crippen molar-refractivity contribution in [2.75, 3.05) is 32.7 Å². The van der Waals surface area contributed by atoms with E-state index in [1.165, 1.54) is 10.8 Å². The second kappa shape index (κ2) is 7.66. The Morgan fingerprint density at radius 2 is 1.72 bits per heavy atom. The van der Waals surface area contributed by atoms with E-state index in [0.717, 1.165) is 18.7 Å². The number of carbonyl (C=O) groups excluding carboxylic acids is 2. The summed E-state index contributed by atoms with van der Waals surface area (Å²) in [4.78, 5) is 27.7. The molecule has 0 aromatic heterocycles. The second-order valence-electron chi connectivity index (χ2n) is 6.64. The number of rotatable bonds is 4. The van der Waals surface area contributed by atoms with Crippen LogP contribution in [0.1, 0.15) is 25.5 Å². The van der Waals surface area contributed by atoms with Gasteiger partial charge in [0.15, 0.2) is 0 Å². The molecule has 1 heterocycles. The zero-order valence-corrected chi connectivity index (χ0v) is 14.9. The highest BCUT2D eigenvalue weighted by Crippen LogP contribution is 2.23. The molecule has 0 unspecified atom stereocenters. The fourth-order valence-corrected chi connectivity index (χ4v) is 3.42. The normalized spacial score (nSPS) is 16.6. The Labute approximate surface area is 148 Å². The lowest BCUT2D eigenvalue weighted by Crippen LogP contribution is -2.50. The Balaban J connectivity index is 1.58. The quantitative estimate of drug-likeness (QED) is 0.929. The van der Waals surface area contributed by atoms with E-state index in [1.807, 2.05) is 30.0 Å². The molecule has 1 aliphatic rings. The largest absolute Gasteiger partial charge is 0.348 e. The zero-order chi connectivity index (χ0) is 17.8. The first-order valence-electron chi connectivity index (χ1n) is 8.79. The molecular formula is C20H25N3O2. The Bertz CT molecular complexity index is 761. The summed E-state index contributed by atoms with van der Waals surface area (Å²) in [5.74, 6) is 0.130. The molecule has 2 aromatic carbocycles. The molecule has 5 nitrogen and oxygen atoms in total. The molecule has 1 atom stereocenters. The van der Waals surface area contributed by atoms with Crippen molar-refractivity contribution in [3.05, 3.63) is 48.0 Å². The van der Waals surface area contributed by atoms with Crippen LogP contribution in [-0.2, 0) is 9.59 Å². The van der Waals surface area contributed by atoms with E-state index in [4.69, 9.17) is 0 Å². The minimum Gasteiger partial charge on any atom is -0.348 e. The zero-order valence-electron chi connectivity index (χ0n) is 14.9. The monoisotopic (exact) mass is 339 g/mol. The molecule has 0 saturated carbocycles. The summed E-state index contributed by atoms with van der Waals surface area (Å²) in [6, 6.07) is 14.4. The van der Waals surface area contributed by atoms with Crippen molar-refractivity contribution in [2.45, 2.75) is 19.9 Å². The third kappa shape index (κ3) is 4.17. The summed E-state index contributed by atoms with van der Waals surface area (Å²) >= 11 is 0. The summed E-state index contributed by atoms with van der Waals surface area (Å²) in [6.07, 6.45) is 0. The number of nitrogens with zero attached hydrogens (tertiary/aromatic N) is 2. The third-order valence-electron chi connectivity index (χ3n) is 4.85. The van der Waals surface area contributed by atoms with Crippen LogP contribution in [0.25, 0.3) is 10.8 Å². The van der Waals surface area contributed by atoms with Crippen LogP contribution in [0.3, 0.4) is 0 Å². The van der Waals surface area contributed by atoms with Gasteiger partial charge in [-0.3, -0.25) is 14.5 Å². The number of hydrogen-bond acceptors (Lipinski definition) is 3. The predicted molar refractivity (Wildman–Crippen MR) is 99.2 cm³/mol. The van der Waals surface area contributed by atoms with E-state index in [1.54, 1.807) is 6.92 Å². The molecule has 1 N–H and O–H groups in total. The van der Waals surface area contributed by atoms with Gasteiger partial charge < -0.3 is 10.2 Å². The lowest BCUT2D eigenvalue weighted by molar-refractivity contribution is -0.131. The fourth-order valence-electron chi connectivity index (χ4n) is 3.42. The van der Waals surface area contributed by atoms with Gasteiger partial charge >= 0.3 is 0 Å². The van der Waals surface area contributed by atoms with E-state index in [-0.39, 0.29) is 17.9 Å². The van der Waals surface area contributed by atoms with Crippen LogP contribution in [-0.4, -0.2) is 54.3 Å². The molecule has 3 rings (SSSR count). The average Bonchev–Trinajstić information content (AvgIpc) is 2.61. The van der Waals surface area contributed by atoms with Gasteiger partial charge in [-0.15, -0.1) is 0 Å². The van der Waals surface area contributed by atoms with Gasteiger partial charge in [-0.2, -0.15) is 0 Å². The van der Waals surface area contributed by atoms with Gasteiger partial charge in [0.25, 0.3) is 0 Å². The smallest absolute Gasteiger partial charge is 0.234 e. The Kier molecular flexibility index (Phi) is 5.34. The minimum absolute atomic E-state index is 0.0247. The van der Waals surface area contributed by atoms with Crippen molar-refractivity contribution >= 4 is 22.6 Å². The highest BCUT2D eigenvalue weighted by molar-refractivity contribution is 5.87. The predicted octanol–water partition coefficient (Wildman–Crippen LogP) is 2.18. The maximum atomic E-state index is 12.4. The van der Waals surface area contributed by atoms with Gasteiger partial charge in [-0.05, 0) is 23.3 Å². The van der Waals surface area contributed by atoms with E-state index >= 15 is 0 Å². The summed E-state index contributed by atoms with van der Waals surface area (Å²) in [5, 5.41) is 5.46. The molecule has 0 radical (unpaired) electrons. The van der Waals surface area contributed by atoms with Gasteiger partial charge in [0.2, 0.25) is 11.8 Å². The van der Waals surface area contributed by atoms with Crippen molar-refractivity contribution < 1.29 is 9.59 Å². The first-order valence-corrected chi connectivity index (χ1v) is 8.79. The van der Waals surface area contributed by atoms with Crippen molar-refractivity contribution in [1.29, 1.82) is 0 Å². The molecule has 1 saturated heterocycles. The molecular weight excluding hydrogens is 314 g/mol. The number of amides is 2. The second-order valence-corrected chi connectivity index (χ2v) is 6.64. The van der Waals surface area contributed by atoms with Crippen LogP contribution in [0, 0.1) is 0 Å². The first-order chi connectivity index (χ1) is 12.0. The molecule has 0 bridgehead atoms. The Morgan fingerprint density at radius 1 is 1.04 bits per heavy atom. The third-order valence-corrected chi connectivity index (χ3v) is 4.85. The standard InChI is InChI=1S/C20H25N3O2/c1-15(18-9-5-7-17-6-3-4-8-19(17)18)21-20(25)14-22-10-12-23(13-11-22)16(2)24/h3-9,15H,10-14H2,1-2H3,(H,21,25)/t15-/m1/s1. The molecule has 5 heteroatoms. The average molecular weight is 339 g/mol. The van der Waals surface area contributed by atoms with Crippen LogP contribution in [0.4, 0.5) is 0 Å². The van der Waals surface area contributed by atoms with Crippen LogP contribution >= 0.6 is 0 Å². The maximum absolute atomic E-state index is 12.4. The van der Waals surface area contributed by atoms with Crippen LogP contribution in [0.2, 0.25) is 0 Å². The highest BCUT2D eigenvalue weighted by atomic mass is 16.2. The summed E-state index contributed by atoms with van der Waals surface area (Å²) in [7, 11) is 0. The molecule has 1 fully saturated rings. The lowest BCUT2D eigenvalue weighted by Gasteiger charge is -2.33. The van der Waals surface area contributed by atoms with Crippen molar-refractivity contribution in [2.24, 2.45) is 0 Å². The van der Waals surface area contributed by atoms with Gasteiger partial charge in [0.1, 0.15) is 0 Å². The minimum atomic E-state index is -0.0443. The summed E-state index contributed by atoms with van der Waals surface area (Å²) in [6.45, 7) is 6.87. The highest BCUT2D eigenvalue weighted by Gasteiger charge is 2.21. The summed E-state index contributed by atoms with van der Waals surface area (Å²) < 4.78 is 0. The van der Waals surface area contributed by atoms with Crippen molar-refractivity contribution in [1.82, 2.24) is 15.1 Å². The van der Waals surface area contributed by atoms with E-state index in [2.05, 4.69) is 34.5 Å². The van der Waals surface area contributed by atoms with Gasteiger partial charge in [-0.1, -0.05) is 42.5 Å². The van der Waals surface area contributed by atoms with E-state index < -0.39 is 0 Å². The van der Waals surface area contributed by atoms with Gasteiger partial charge in [0, 0.05) is 33.1 Å². The van der Waals surface area contributed by atoms with Crippen molar-refractivity contribution in [3.63, 3.8) is 0 Å². The number of benzene rings is 2. The Hall–Kier alpha value is -2.40. The van der Waals surface area contributed by atoms with Gasteiger partial charge in [0.05, 0.1) is 12.6 Å². The number of fused-ring (bicyclic) bond motifs is 1. The number of piperazine rings is 1. The number of nitrogens with one attached hydrogen (secondary N) is 1. The number of hydrogen-bond donors (Lipinski definition) is 1. The molecule has 2 amide bonds. The van der Waals surface area contributed by atoms with E-state index in [9.17, 15) is 9.59 Å². The fraction of sp³-hybridized carbons (Fsp3) is 0.400. The first kappa shape index (κ1) is 17.4. The Morgan fingerprint density at radius 3 is 2.44 bits per heavy atom. The lowest BCUT2D eigenvalue weighted by atomic mass is 10.00. The molecule has 2 aromatic rings. The van der Waals surface area contributed by atoms with Crippen LogP contribution in [0.5, 0.6) is 0 Å². The van der Waals surface area contributed by atoms with Crippen LogP contribution in [0.15, 0.2) is 42.5 Å². The SMILES string of the molecule is CC(=O)N1CCN(CC(=O)N[C@H](C)c2cccc3ccccc23)CC1. The molecule has 25 heavy (non-hydrogen) atoms. The topological polar surface area (TPSA) is 52.7 Å². The molecule has 0 aliphatic carbocycles. The molecule has 1 aliphatic heterocycles. The molecule has 0 spiro atoms. The molecule has 132 valence electrons. The van der Waals surface area contributed by atoms with Crippen LogP contribution < -0.4 is 5.32 Å². The van der Waals surface area contributed by atoms with Crippen molar-refractivity contribution in [3.8, 4) is 0 Å². The number of carbonyl (C=O) groups is 2. The maximum Gasteiger partial charge on any atom is 0.234 e. The van der Waals surface area contributed by atoms with Gasteiger partial charge in [-0.25, -0.2) is 0 Å². The van der Waals surface area contributed by atoms with E-state index in [0.29, 0.717) is 19.6 Å².